The lowest BCUT2D eigenvalue weighted by Gasteiger charge is -2.02. The first kappa shape index (κ1) is 14.8. The summed E-state index contributed by atoms with van der Waals surface area (Å²) >= 11 is 1.53. The van der Waals surface area contributed by atoms with Gasteiger partial charge >= 0.3 is 0 Å². The number of ether oxygens (including phenoxy) is 2. The first-order valence-electron chi connectivity index (χ1n) is 7.30. The molecule has 6 heteroatoms. The van der Waals surface area contributed by atoms with Crippen LogP contribution in [-0.4, -0.2) is 17.7 Å². The maximum Gasteiger partial charge on any atom is 0.231 e. The summed E-state index contributed by atoms with van der Waals surface area (Å²) in [4.78, 5) is 17.2. The number of anilines is 1. The number of carbonyl (C=O) groups is 1. The van der Waals surface area contributed by atoms with Crippen LogP contribution in [0.25, 0.3) is 0 Å². The molecule has 0 saturated carbocycles. The van der Waals surface area contributed by atoms with E-state index in [4.69, 9.17) is 9.47 Å². The van der Waals surface area contributed by atoms with Crippen molar-refractivity contribution in [2.45, 2.75) is 33.1 Å². The maximum absolute atomic E-state index is 11.6. The largest absolute Gasteiger partial charge is 0.454 e. The minimum atomic E-state index is 0.0193. The molecule has 2 heterocycles. The lowest BCUT2D eigenvalue weighted by molar-refractivity contribution is -0.116. The molecule has 1 aromatic carbocycles. The molecule has 0 bridgehead atoms. The highest BCUT2D eigenvalue weighted by atomic mass is 32.1. The molecule has 0 aliphatic carbocycles. The van der Waals surface area contributed by atoms with Crippen LogP contribution in [0, 0.1) is 6.92 Å². The summed E-state index contributed by atoms with van der Waals surface area (Å²) in [6, 6.07) is 5.96. The fraction of sp³-hybridized carbons (Fsp3) is 0.375. The second-order valence-corrected chi connectivity index (χ2v) is 6.27. The molecule has 0 saturated heterocycles. The Morgan fingerprint density at radius 3 is 3.00 bits per heavy atom. The summed E-state index contributed by atoms with van der Waals surface area (Å²) in [6.07, 6.45) is 2.13. The van der Waals surface area contributed by atoms with Crippen molar-refractivity contribution < 1.29 is 14.3 Å². The monoisotopic (exact) mass is 318 g/mol. The molecule has 22 heavy (non-hydrogen) atoms. The molecule has 0 fully saturated rings. The van der Waals surface area contributed by atoms with Gasteiger partial charge in [0.15, 0.2) is 16.6 Å². The molecule has 0 unspecified atom stereocenters. The number of nitrogens with zero attached hydrogens (tertiary/aromatic N) is 1. The highest BCUT2D eigenvalue weighted by molar-refractivity contribution is 7.15. The average Bonchev–Trinajstić information content (AvgIpc) is 3.06. The third-order valence-corrected chi connectivity index (χ3v) is 4.49. The second kappa shape index (κ2) is 6.36. The number of aryl methyl sites for hydroxylation is 1. The van der Waals surface area contributed by atoms with E-state index in [1.54, 1.807) is 0 Å². The van der Waals surface area contributed by atoms with Crippen molar-refractivity contribution in [1.29, 1.82) is 0 Å². The number of amides is 1. The smallest absolute Gasteiger partial charge is 0.231 e. The van der Waals surface area contributed by atoms with Crippen LogP contribution in [0.3, 0.4) is 0 Å². The van der Waals surface area contributed by atoms with Gasteiger partial charge in [-0.25, -0.2) is 4.98 Å². The normalized spacial score (nSPS) is 12.5. The van der Waals surface area contributed by atoms with Gasteiger partial charge in [0, 0.05) is 17.7 Å². The number of aromatic nitrogens is 1. The topological polar surface area (TPSA) is 60.5 Å². The Kier molecular flexibility index (Phi) is 4.29. The number of hydrogen-bond donors (Lipinski definition) is 1. The Hall–Kier alpha value is -2.08. The minimum absolute atomic E-state index is 0.0193. The van der Waals surface area contributed by atoms with Gasteiger partial charge in [0.25, 0.3) is 0 Å². The zero-order valence-corrected chi connectivity index (χ0v) is 13.5. The predicted molar refractivity (Wildman–Crippen MR) is 85.8 cm³/mol. The molecule has 116 valence electrons. The number of nitrogens with one attached hydrogen (secondary N) is 1. The Morgan fingerprint density at radius 1 is 1.36 bits per heavy atom. The number of rotatable bonds is 5. The lowest BCUT2D eigenvalue weighted by atomic mass is 10.1. The second-order valence-electron chi connectivity index (χ2n) is 5.19. The Bertz CT molecular complexity index is 697. The van der Waals surface area contributed by atoms with Crippen molar-refractivity contribution in [2.24, 2.45) is 0 Å². The fourth-order valence-electron chi connectivity index (χ4n) is 2.29. The van der Waals surface area contributed by atoms with Crippen LogP contribution in [0.2, 0.25) is 0 Å². The van der Waals surface area contributed by atoms with Crippen LogP contribution >= 0.6 is 11.3 Å². The molecular formula is C16H18N2O3S. The Balaban J connectivity index is 1.72. The van der Waals surface area contributed by atoms with Crippen molar-refractivity contribution >= 4 is 22.4 Å². The summed E-state index contributed by atoms with van der Waals surface area (Å²) in [7, 11) is 0. The van der Waals surface area contributed by atoms with E-state index in [0.29, 0.717) is 11.6 Å². The van der Waals surface area contributed by atoms with Crippen LogP contribution in [0.4, 0.5) is 5.13 Å². The van der Waals surface area contributed by atoms with Gasteiger partial charge in [-0.15, -0.1) is 11.3 Å². The third-order valence-electron chi connectivity index (χ3n) is 3.42. The summed E-state index contributed by atoms with van der Waals surface area (Å²) < 4.78 is 10.7. The highest BCUT2D eigenvalue weighted by Gasteiger charge is 2.15. The molecule has 5 nitrogen and oxygen atoms in total. The number of fused-ring (bicyclic) bond motifs is 1. The van der Waals surface area contributed by atoms with Crippen LogP contribution in [0.5, 0.6) is 11.5 Å². The molecule has 1 aliphatic heterocycles. The van der Waals surface area contributed by atoms with Gasteiger partial charge < -0.3 is 14.8 Å². The van der Waals surface area contributed by atoms with E-state index in [1.807, 2.05) is 32.0 Å². The summed E-state index contributed by atoms with van der Waals surface area (Å²) in [5.41, 5.74) is 2.09. The summed E-state index contributed by atoms with van der Waals surface area (Å²) in [5, 5.41) is 3.53. The zero-order chi connectivity index (χ0) is 15.5. The zero-order valence-electron chi connectivity index (χ0n) is 12.6. The standard InChI is InChI=1S/C16H18N2O3S/c1-3-4-15(19)18-16-17-10(2)14(22-16)8-11-5-6-12-13(7-11)21-9-20-12/h5-7H,3-4,8-9H2,1-2H3,(H,17,18,19). The van der Waals surface area contributed by atoms with E-state index in [1.165, 1.54) is 11.3 Å². The molecule has 1 aromatic heterocycles. The van der Waals surface area contributed by atoms with Crippen LogP contribution in [-0.2, 0) is 11.2 Å². The Morgan fingerprint density at radius 2 is 2.18 bits per heavy atom. The van der Waals surface area contributed by atoms with Crippen molar-refractivity contribution in [3.63, 3.8) is 0 Å². The van der Waals surface area contributed by atoms with E-state index < -0.39 is 0 Å². The van der Waals surface area contributed by atoms with Gasteiger partial charge in [0.2, 0.25) is 12.7 Å². The lowest BCUT2D eigenvalue weighted by Crippen LogP contribution is -2.10. The molecule has 3 rings (SSSR count). The Labute approximate surface area is 133 Å². The molecule has 1 N–H and O–H groups in total. The van der Waals surface area contributed by atoms with E-state index in [9.17, 15) is 4.79 Å². The third kappa shape index (κ3) is 3.22. The molecule has 0 spiro atoms. The molecular weight excluding hydrogens is 300 g/mol. The number of carbonyl (C=O) groups excluding carboxylic acids is 1. The van der Waals surface area contributed by atoms with Gasteiger partial charge in [0.1, 0.15) is 0 Å². The van der Waals surface area contributed by atoms with Crippen molar-refractivity contribution in [3.8, 4) is 11.5 Å². The van der Waals surface area contributed by atoms with Crippen LogP contribution < -0.4 is 14.8 Å². The molecule has 1 aliphatic rings. The predicted octanol–water partition coefficient (Wildman–Crippen LogP) is 3.51. The van der Waals surface area contributed by atoms with Crippen LogP contribution in [0.15, 0.2) is 18.2 Å². The van der Waals surface area contributed by atoms with E-state index >= 15 is 0 Å². The fourth-order valence-corrected chi connectivity index (χ4v) is 3.30. The molecule has 1 amide bonds. The van der Waals surface area contributed by atoms with Gasteiger partial charge in [-0.3, -0.25) is 4.79 Å². The van der Waals surface area contributed by atoms with Gasteiger partial charge in [-0.05, 0) is 31.0 Å². The number of hydrogen-bond acceptors (Lipinski definition) is 5. The summed E-state index contributed by atoms with van der Waals surface area (Å²) in [6.45, 7) is 4.23. The van der Waals surface area contributed by atoms with Crippen molar-refractivity contribution in [1.82, 2.24) is 4.98 Å². The minimum Gasteiger partial charge on any atom is -0.454 e. The van der Waals surface area contributed by atoms with Crippen molar-refractivity contribution in [3.05, 3.63) is 34.3 Å². The first-order chi connectivity index (χ1) is 10.7. The molecule has 2 aromatic rings. The van der Waals surface area contributed by atoms with Crippen molar-refractivity contribution in [2.75, 3.05) is 12.1 Å². The molecule has 0 atom stereocenters. The van der Waals surface area contributed by atoms with E-state index in [2.05, 4.69) is 10.3 Å². The highest BCUT2D eigenvalue weighted by Crippen LogP contribution is 2.34. The van der Waals surface area contributed by atoms with E-state index in [0.717, 1.165) is 40.5 Å². The van der Waals surface area contributed by atoms with Crippen LogP contribution in [0.1, 0.15) is 35.9 Å². The average molecular weight is 318 g/mol. The van der Waals surface area contributed by atoms with Gasteiger partial charge in [-0.2, -0.15) is 0 Å². The maximum atomic E-state index is 11.6. The first-order valence-corrected chi connectivity index (χ1v) is 8.12. The molecule has 0 radical (unpaired) electrons. The summed E-state index contributed by atoms with van der Waals surface area (Å²) in [5.74, 6) is 1.60. The number of thiazole rings is 1. The van der Waals surface area contributed by atoms with E-state index in [-0.39, 0.29) is 12.7 Å². The van der Waals surface area contributed by atoms with Gasteiger partial charge in [0.05, 0.1) is 5.69 Å². The van der Waals surface area contributed by atoms with Gasteiger partial charge in [-0.1, -0.05) is 13.0 Å². The quantitative estimate of drug-likeness (QED) is 0.916. The SMILES string of the molecule is CCCC(=O)Nc1nc(C)c(Cc2ccc3c(c2)OCO3)s1. The number of benzene rings is 1.